The highest BCUT2D eigenvalue weighted by atomic mass is 15.2. The van der Waals surface area contributed by atoms with Gasteiger partial charge in [-0.15, -0.1) is 0 Å². The molecule has 0 N–H and O–H groups in total. The highest BCUT2D eigenvalue weighted by molar-refractivity contribution is 4.81. The van der Waals surface area contributed by atoms with Crippen LogP contribution in [0.5, 0.6) is 0 Å². The molecule has 0 amide bonds. The number of nitrogens with zero attached hydrogens (tertiary/aromatic N) is 1. The third-order valence-corrected chi connectivity index (χ3v) is 2.94. The van der Waals surface area contributed by atoms with Gasteiger partial charge in [-0.2, -0.15) is 0 Å². The molecule has 1 saturated heterocycles. The van der Waals surface area contributed by atoms with Gasteiger partial charge in [0.15, 0.2) is 0 Å². The number of hydrogen-bond donors (Lipinski definition) is 0. The van der Waals surface area contributed by atoms with Crippen molar-refractivity contribution < 1.29 is 0 Å². The van der Waals surface area contributed by atoms with E-state index in [4.69, 9.17) is 0 Å². The molecule has 0 aliphatic carbocycles. The normalized spacial score (nSPS) is 24.0. The molecule has 1 aliphatic heterocycles. The molecule has 0 saturated carbocycles. The fraction of sp³-hybridized carbons (Fsp3) is 1.00. The van der Waals surface area contributed by atoms with E-state index >= 15 is 0 Å². The first-order valence-electron chi connectivity index (χ1n) is 4.76. The van der Waals surface area contributed by atoms with Gasteiger partial charge in [-0.1, -0.05) is 20.8 Å². The summed E-state index contributed by atoms with van der Waals surface area (Å²) in [6.07, 6.45) is 2.81. The maximum absolute atomic E-state index is 2.61. The fourth-order valence-corrected chi connectivity index (χ4v) is 1.68. The maximum atomic E-state index is 2.61. The van der Waals surface area contributed by atoms with Gasteiger partial charge in [0, 0.05) is 6.04 Å². The zero-order valence-corrected chi connectivity index (χ0v) is 8.35. The van der Waals surface area contributed by atoms with Gasteiger partial charge in [0.1, 0.15) is 0 Å². The van der Waals surface area contributed by atoms with Crippen LogP contribution in [0.4, 0.5) is 0 Å². The van der Waals surface area contributed by atoms with E-state index in [1.165, 1.54) is 25.9 Å². The van der Waals surface area contributed by atoms with Gasteiger partial charge in [0.2, 0.25) is 0 Å². The largest absolute Gasteiger partial charge is 0.300 e. The number of rotatable bonds is 1. The lowest BCUT2D eigenvalue weighted by Crippen LogP contribution is -2.39. The van der Waals surface area contributed by atoms with Crippen molar-refractivity contribution in [2.24, 2.45) is 5.41 Å². The van der Waals surface area contributed by atoms with Crippen molar-refractivity contribution in [3.8, 4) is 0 Å². The predicted octanol–water partition coefficient (Wildman–Crippen LogP) is 2.52. The van der Waals surface area contributed by atoms with Gasteiger partial charge in [-0.25, -0.2) is 0 Å². The molecule has 1 atom stereocenters. The second-order valence-corrected chi connectivity index (χ2v) is 4.79. The molecule has 1 nitrogen and oxygen atoms in total. The second-order valence-electron chi connectivity index (χ2n) is 4.79. The zero-order chi connectivity index (χ0) is 8.48. The van der Waals surface area contributed by atoms with E-state index in [2.05, 4.69) is 32.6 Å². The van der Waals surface area contributed by atoms with Crippen molar-refractivity contribution in [2.75, 3.05) is 13.1 Å². The van der Waals surface area contributed by atoms with Gasteiger partial charge in [-0.05, 0) is 38.3 Å². The lowest BCUT2D eigenvalue weighted by atomic mass is 9.87. The zero-order valence-electron chi connectivity index (χ0n) is 8.35. The summed E-state index contributed by atoms with van der Waals surface area (Å²) in [4.78, 5) is 2.61. The first kappa shape index (κ1) is 9.05. The van der Waals surface area contributed by atoms with Crippen molar-refractivity contribution in [3.63, 3.8) is 0 Å². The van der Waals surface area contributed by atoms with Crippen LogP contribution in [-0.2, 0) is 0 Å². The molecule has 1 rings (SSSR count). The SMILES string of the molecule is CC(N1CCCC1)C(C)(C)C. The summed E-state index contributed by atoms with van der Waals surface area (Å²) in [6, 6.07) is 0.741. The second kappa shape index (κ2) is 3.14. The topological polar surface area (TPSA) is 3.24 Å². The van der Waals surface area contributed by atoms with Crippen molar-refractivity contribution >= 4 is 0 Å². The van der Waals surface area contributed by atoms with E-state index in [1.54, 1.807) is 0 Å². The van der Waals surface area contributed by atoms with E-state index in [0.717, 1.165) is 6.04 Å². The van der Waals surface area contributed by atoms with E-state index in [9.17, 15) is 0 Å². The van der Waals surface area contributed by atoms with E-state index in [-0.39, 0.29) is 0 Å². The Balaban J connectivity index is 2.46. The Hall–Kier alpha value is -0.0400. The van der Waals surface area contributed by atoms with Gasteiger partial charge >= 0.3 is 0 Å². The van der Waals surface area contributed by atoms with E-state index in [1.807, 2.05) is 0 Å². The van der Waals surface area contributed by atoms with E-state index in [0.29, 0.717) is 5.41 Å². The quantitative estimate of drug-likeness (QED) is 0.562. The smallest absolute Gasteiger partial charge is 0.0115 e. The van der Waals surface area contributed by atoms with Crippen LogP contribution in [0.15, 0.2) is 0 Å². The van der Waals surface area contributed by atoms with Crippen molar-refractivity contribution in [3.05, 3.63) is 0 Å². The van der Waals surface area contributed by atoms with Gasteiger partial charge in [0.25, 0.3) is 0 Å². The van der Waals surface area contributed by atoms with Gasteiger partial charge in [-0.3, -0.25) is 0 Å². The fourth-order valence-electron chi connectivity index (χ4n) is 1.68. The van der Waals surface area contributed by atoms with Crippen molar-refractivity contribution in [1.82, 2.24) is 4.90 Å². The van der Waals surface area contributed by atoms with Crippen LogP contribution in [-0.4, -0.2) is 24.0 Å². The summed E-state index contributed by atoms with van der Waals surface area (Å²) in [5, 5.41) is 0. The molecule has 11 heavy (non-hydrogen) atoms. The summed E-state index contributed by atoms with van der Waals surface area (Å²) < 4.78 is 0. The molecule has 1 heterocycles. The highest BCUT2D eigenvalue weighted by Crippen LogP contribution is 2.26. The standard InChI is InChI=1S/C10H21N/c1-9(10(2,3)4)11-7-5-6-8-11/h9H,5-8H2,1-4H3. The lowest BCUT2D eigenvalue weighted by Gasteiger charge is -2.35. The molecule has 0 bridgehead atoms. The number of likely N-dealkylation sites (tertiary alicyclic amines) is 1. The maximum Gasteiger partial charge on any atom is 0.0115 e. The molecule has 0 spiro atoms. The summed E-state index contributed by atoms with van der Waals surface area (Å²) in [7, 11) is 0. The molecule has 1 fully saturated rings. The third kappa shape index (κ3) is 2.19. The van der Waals surface area contributed by atoms with Gasteiger partial charge < -0.3 is 4.90 Å². The molecular weight excluding hydrogens is 134 g/mol. The van der Waals surface area contributed by atoms with Crippen LogP contribution < -0.4 is 0 Å². The van der Waals surface area contributed by atoms with Crippen LogP contribution in [0.2, 0.25) is 0 Å². The Morgan fingerprint density at radius 2 is 1.55 bits per heavy atom. The van der Waals surface area contributed by atoms with E-state index < -0.39 is 0 Å². The third-order valence-electron chi connectivity index (χ3n) is 2.94. The molecule has 0 aromatic heterocycles. The molecule has 0 radical (unpaired) electrons. The Morgan fingerprint density at radius 3 is 1.91 bits per heavy atom. The van der Waals surface area contributed by atoms with Crippen molar-refractivity contribution in [1.29, 1.82) is 0 Å². The molecule has 1 aliphatic rings. The van der Waals surface area contributed by atoms with Crippen molar-refractivity contribution in [2.45, 2.75) is 46.6 Å². The minimum Gasteiger partial charge on any atom is -0.300 e. The van der Waals surface area contributed by atoms with Crippen LogP contribution in [0.25, 0.3) is 0 Å². The molecular formula is C10H21N. The van der Waals surface area contributed by atoms with Gasteiger partial charge in [0.05, 0.1) is 0 Å². The Bertz CT molecular complexity index is 117. The number of hydrogen-bond acceptors (Lipinski definition) is 1. The molecule has 66 valence electrons. The van der Waals surface area contributed by atoms with Crippen LogP contribution >= 0.6 is 0 Å². The average molecular weight is 155 g/mol. The minimum absolute atomic E-state index is 0.449. The predicted molar refractivity (Wildman–Crippen MR) is 49.7 cm³/mol. The first-order chi connectivity index (χ1) is 5.02. The monoisotopic (exact) mass is 155 g/mol. The highest BCUT2D eigenvalue weighted by Gasteiger charge is 2.27. The summed E-state index contributed by atoms with van der Waals surface area (Å²) in [5.41, 5.74) is 0.449. The first-order valence-corrected chi connectivity index (χ1v) is 4.76. The van der Waals surface area contributed by atoms with Crippen LogP contribution in [0.1, 0.15) is 40.5 Å². The van der Waals surface area contributed by atoms with Crippen LogP contribution in [0, 0.1) is 5.41 Å². The lowest BCUT2D eigenvalue weighted by molar-refractivity contribution is 0.140. The molecule has 1 unspecified atom stereocenters. The summed E-state index contributed by atoms with van der Waals surface area (Å²) in [5.74, 6) is 0. The summed E-state index contributed by atoms with van der Waals surface area (Å²) in [6.45, 7) is 12.0. The Labute approximate surface area is 70.8 Å². The molecule has 0 aromatic carbocycles. The van der Waals surface area contributed by atoms with Crippen LogP contribution in [0.3, 0.4) is 0 Å². The minimum atomic E-state index is 0.449. The average Bonchev–Trinajstić information content (AvgIpc) is 2.34. The molecule has 0 aromatic rings. The summed E-state index contributed by atoms with van der Waals surface area (Å²) >= 11 is 0. The molecule has 1 heteroatoms. The Morgan fingerprint density at radius 1 is 1.09 bits per heavy atom. The Kier molecular flexibility index (Phi) is 2.58.